The van der Waals surface area contributed by atoms with E-state index in [-0.39, 0.29) is 36.8 Å². The molecule has 0 spiro atoms. The Hall–Kier alpha value is -5.48. The molecule has 302 valence electrons. The number of carbonyl (C=O) groups is 5. The first-order chi connectivity index (χ1) is 27.3. The number of unbranched alkanes of at least 4 members (excludes halogenated alkanes) is 1. The molecule has 1 saturated heterocycles. The molecule has 1 aliphatic carbocycles. The highest BCUT2D eigenvalue weighted by molar-refractivity contribution is 8.17. The highest BCUT2D eigenvalue weighted by Gasteiger charge is 2.32. The van der Waals surface area contributed by atoms with Gasteiger partial charge in [-0.3, -0.25) is 14.4 Å². The summed E-state index contributed by atoms with van der Waals surface area (Å²) in [5.41, 5.74) is 4.43. The van der Waals surface area contributed by atoms with Crippen molar-refractivity contribution < 1.29 is 33.4 Å². The fourth-order valence-electron chi connectivity index (χ4n) is 7.04. The van der Waals surface area contributed by atoms with Crippen LogP contribution in [0.2, 0.25) is 0 Å². The lowest BCUT2D eigenvalue weighted by atomic mass is 9.98. The van der Waals surface area contributed by atoms with Gasteiger partial charge in [0.25, 0.3) is 0 Å². The number of rotatable bonds is 16. The Morgan fingerprint density at radius 3 is 2.02 bits per heavy atom. The molecule has 1 fully saturated rings. The Balaban J connectivity index is 1.24. The lowest BCUT2D eigenvalue weighted by Gasteiger charge is -2.24. The molecule has 1 heterocycles. The number of fused-ring (bicyclic) bond motifs is 3. The molecule has 1 aliphatic heterocycles. The molecule has 12 nitrogen and oxygen atoms in total. The Labute approximate surface area is 337 Å². The average molecular weight is 796 g/mol. The minimum atomic E-state index is -1.09. The van der Waals surface area contributed by atoms with Gasteiger partial charge in [0.1, 0.15) is 35.2 Å². The third-order valence-corrected chi connectivity index (χ3v) is 12.3. The van der Waals surface area contributed by atoms with Gasteiger partial charge in [-0.05, 0) is 99.1 Å². The number of alkyl carbamates (subject to hydrolysis) is 2. The smallest absolute Gasteiger partial charge is 0.407 e. The van der Waals surface area contributed by atoms with Crippen molar-refractivity contribution in [3.8, 4) is 17.2 Å². The molecular weight excluding hydrogens is 743 g/mol. The number of ketones is 1. The predicted octanol–water partition coefficient (Wildman–Crippen LogP) is 6.15. The number of nitriles is 1. The summed E-state index contributed by atoms with van der Waals surface area (Å²) >= 11 is 0. The van der Waals surface area contributed by atoms with E-state index in [1.165, 1.54) is 6.92 Å². The van der Waals surface area contributed by atoms with Gasteiger partial charge in [-0.25, -0.2) is 9.59 Å². The van der Waals surface area contributed by atoms with Gasteiger partial charge in [0.15, 0.2) is 0 Å². The summed E-state index contributed by atoms with van der Waals surface area (Å²) in [6.45, 7) is 7.14. The first-order valence-electron chi connectivity index (χ1n) is 19.6. The largest absolute Gasteiger partial charge is 0.449 e. The fraction of sp³-hybridized carbons (Fsp3) is 0.432. The molecule has 0 radical (unpaired) electrons. The molecular formula is C44H53N5O7S. The molecule has 3 aromatic rings. The second-order valence-electron chi connectivity index (χ2n) is 15.3. The first kappa shape index (κ1) is 42.7. The molecule has 3 atom stereocenters. The van der Waals surface area contributed by atoms with Gasteiger partial charge in [0.2, 0.25) is 17.6 Å². The van der Waals surface area contributed by atoms with Crippen LogP contribution in [0.15, 0.2) is 78.9 Å². The van der Waals surface area contributed by atoms with Crippen LogP contribution >= 0.6 is 10.5 Å². The number of hydrogen-bond donors (Lipinski definition) is 4. The molecule has 2 aliphatic rings. The summed E-state index contributed by atoms with van der Waals surface area (Å²) in [7, 11) is -0.455. The Morgan fingerprint density at radius 2 is 1.40 bits per heavy atom. The number of amides is 4. The predicted molar refractivity (Wildman–Crippen MR) is 222 cm³/mol. The normalized spacial score (nSPS) is 15.1. The number of benzene rings is 3. The fourth-order valence-corrected chi connectivity index (χ4v) is 9.32. The van der Waals surface area contributed by atoms with Crippen molar-refractivity contribution in [1.82, 2.24) is 21.3 Å². The van der Waals surface area contributed by atoms with Crippen molar-refractivity contribution >= 4 is 45.1 Å². The molecule has 0 unspecified atom stereocenters. The summed E-state index contributed by atoms with van der Waals surface area (Å²) < 4.78 is 11.0. The third kappa shape index (κ3) is 12.0. The zero-order valence-corrected chi connectivity index (χ0v) is 33.9. The summed E-state index contributed by atoms with van der Waals surface area (Å²) in [6, 6.07) is 24.1. The first-order valence-corrected chi connectivity index (χ1v) is 21.1. The van der Waals surface area contributed by atoms with Crippen LogP contribution in [0.3, 0.4) is 0 Å². The Kier molecular flexibility index (Phi) is 15.0. The summed E-state index contributed by atoms with van der Waals surface area (Å²) in [5.74, 6) is -0.254. The highest BCUT2D eigenvalue weighted by Crippen LogP contribution is 2.44. The van der Waals surface area contributed by atoms with Gasteiger partial charge in [-0.1, -0.05) is 78.9 Å². The number of ether oxygens (including phenoxy) is 2. The van der Waals surface area contributed by atoms with Crippen LogP contribution < -0.4 is 21.3 Å². The van der Waals surface area contributed by atoms with Crippen molar-refractivity contribution in [3.05, 3.63) is 95.6 Å². The lowest BCUT2D eigenvalue weighted by molar-refractivity contribution is -0.130. The van der Waals surface area contributed by atoms with E-state index < -0.39 is 64.0 Å². The molecule has 0 saturated carbocycles. The van der Waals surface area contributed by atoms with Crippen LogP contribution in [0, 0.1) is 11.3 Å². The molecule has 0 aromatic heterocycles. The topological polar surface area (TPSA) is 176 Å². The lowest BCUT2D eigenvalue weighted by Crippen LogP contribution is -2.55. The minimum Gasteiger partial charge on any atom is -0.449 e. The average Bonchev–Trinajstić information content (AvgIpc) is 3.83. The van der Waals surface area contributed by atoms with E-state index in [1.54, 1.807) is 20.8 Å². The van der Waals surface area contributed by atoms with Gasteiger partial charge >= 0.3 is 12.2 Å². The van der Waals surface area contributed by atoms with Crippen LogP contribution in [0.25, 0.3) is 11.1 Å². The number of carbonyl (C=O) groups excluding carboxylic acids is 5. The summed E-state index contributed by atoms with van der Waals surface area (Å²) in [6.07, 6.45) is 1.82. The standard InChI is InChI=1S/C44H53N5O7S/c1-29(40(51)48-37(26-30-16-6-5-7-17-30)39(50)38(27-45)57-24-14-15-25-57)47-41(52)36(22-12-13-23-46-42(53)56-44(2,3)4)49-43(54)55-28-35-33-20-10-8-18-31(33)32-19-9-11-21-34(32)35/h5-11,16-21,29,35-37H,12-15,22-26,28H2,1-4H3,(H,46,53)(H,47,52)(H,48,51)(H,49,54)/t29-,36-,37-/m0/s1. The van der Waals surface area contributed by atoms with Crippen LogP contribution in [0.1, 0.15) is 82.4 Å². The molecule has 0 bridgehead atoms. The van der Waals surface area contributed by atoms with Crippen molar-refractivity contribution in [1.29, 1.82) is 5.26 Å². The molecule has 13 heteroatoms. The van der Waals surface area contributed by atoms with E-state index in [0.717, 1.165) is 52.2 Å². The summed E-state index contributed by atoms with van der Waals surface area (Å²) in [5, 5.41) is 20.9. The maximum atomic E-state index is 13.8. The van der Waals surface area contributed by atoms with Gasteiger partial charge in [0, 0.05) is 18.9 Å². The van der Waals surface area contributed by atoms with Gasteiger partial charge in [-0.2, -0.15) is 15.7 Å². The van der Waals surface area contributed by atoms with Gasteiger partial charge in [0.05, 0.1) is 6.04 Å². The minimum absolute atomic E-state index is 0.0484. The van der Waals surface area contributed by atoms with E-state index in [4.69, 9.17) is 9.47 Å². The zero-order valence-electron chi connectivity index (χ0n) is 33.1. The van der Waals surface area contributed by atoms with Crippen molar-refractivity contribution in [2.24, 2.45) is 0 Å². The number of hydrogen-bond acceptors (Lipinski definition) is 8. The Morgan fingerprint density at radius 1 is 0.789 bits per heavy atom. The second kappa shape index (κ2) is 20.1. The van der Waals surface area contributed by atoms with E-state index in [9.17, 15) is 29.2 Å². The van der Waals surface area contributed by atoms with Crippen LogP contribution in [-0.2, 0) is 30.3 Å². The van der Waals surface area contributed by atoms with E-state index in [0.29, 0.717) is 12.8 Å². The Bertz CT molecular complexity index is 1950. The van der Waals surface area contributed by atoms with Crippen LogP contribution in [0.4, 0.5) is 9.59 Å². The molecule has 5 rings (SSSR count). The summed E-state index contributed by atoms with van der Waals surface area (Å²) in [4.78, 5) is 66.9. The molecule has 4 N–H and O–H groups in total. The van der Waals surface area contributed by atoms with Crippen LogP contribution in [0.5, 0.6) is 0 Å². The van der Waals surface area contributed by atoms with Crippen LogP contribution in [-0.4, -0.2) is 83.0 Å². The van der Waals surface area contributed by atoms with Crippen molar-refractivity contribution in [2.45, 2.75) is 95.9 Å². The van der Waals surface area contributed by atoms with Crippen molar-refractivity contribution in [3.63, 3.8) is 0 Å². The molecule has 57 heavy (non-hydrogen) atoms. The third-order valence-electron chi connectivity index (χ3n) is 9.85. The second-order valence-corrected chi connectivity index (χ2v) is 17.6. The van der Waals surface area contributed by atoms with E-state index in [2.05, 4.69) is 27.3 Å². The van der Waals surface area contributed by atoms with Gasteiger partial charge in [-0.15, -0.1) is 0 Å². The highest BCUT2D eigenvalue weighted by atomic mass is 32.2. The maximum Gasteiger partial charge on any atom is 0.407 e. The number of Topliss-reactive ketones (excluding diaryl/α,β-unsaturated/α-hetero) is 1. The van der Waals surface area contributed by atoms with Crippen molar-refractivity contribution in [2.75, 3.05) is 24.7 Å². The quantitative estimate of drug-likeness (QED) is 0.0987. The monoisotopic (exact) mass is 795 g/mol. The van der Waals surface area contributed by atoms with E-state index >= 15 is 0 Å². The SMILES string of the molecule is C[C@H](NC(=O)[C@H](CCCCNC(=O)OC(C)(C)C)NC(=O)OCC1c2ccccc2-c2ccccc21)C(=O)N[C@@H](Cc1ccccc1)C(=O)C(C#N)=S1CCCC1. The maximum absolute atomic E-state index is 13.8. The number of nitrogens with one attached hydrogen (secondary N) is 4. The van der Waals surface area contributed by atoms with Gasteiger partial charge < -0.3 is 30.7 Å². The number of nitrogens with zero attached hydrogens (tertiary/aromatic N) is 1. The molecule has 3 aromatic carbocycles. The van der Waals surface area contributed by atoms with E-state index in [1.807, 2.05) is 78.9 Å². The zero-order chi connectivity index (χ0) is 41.0. The molecule has 4 amide bonds.